The number of methoxy groups -OCH3 is 1. The first-order valence-corrected chi connectivity index (χ1v) is 11.2. The van der Waals surface area contributed by atoms with Crippen LogP contribution in [-0.4, -0.2) is 24.3 Å². The van der Waals surface area contributed by atoms with Gasteiger partial charge in [-0.05, 0) is 49.2 Å². The molecule has 1 unspecified atom stereocenters. The summed E-state index contributed by atoms with van der Waals surface area (Å²) >= 11 is 7.77. The Kier molecular flexibility index (Phi) is 6.30. The number of allylic oxidation sites excluding steroid dienone is 1. The number of fused-ring (bicyclic) bond motifs is 1. The van der Waals surface area contributed by atoms with Gasteiger partial charge in [0.1, 0.15) is 11.8 Å². The zero-order valence-corrected chi connectivity index (χ0v) is 19.4. The summed E-state index contributed by atoms with van der Waals surface area (Å²) in [7, 11) is 1.60. The van der Waals surface area contributed by atoms with E-state index in [-0.39, 0.29) is 12.2 Å². The number of ether oxygens (including phenoxy) is 2. The van der Waals surface area contributed by atoms with Crippen LogP contribution in [0.1, 0.15) is 31.0 Å². The minimum Gasteiger partial charge on any atom is -0.497 e. The average Bonchev–Trinajstić information content (AvgIpc) is 3.08. The van der Waals surface area contributed by atoms with Crippen LogP contribution >= 0.6 is 22.9 Å². The average molecular weight is 469 g/mol. The monoisotopic (exact) mass is 468 g/mol. The molecule has 0 aliphatic carbocycles. The van der Waals surface area contributed by atoms with Crippen molar-refractivity contribution in [2.45, 2.75) is 19.9 Å². The molecule has 2 heterocycles. The molecule has 4 rings (SSSR count). The van der Waals surface area contributed by atoms with Gasteiger partial charge in [-0.15, -0.1) is 0 Å². The lowest BCUT2D eigenvalue weighted by Gasteiger charge is -2.25. The predicted octanol–water partition coefficient (Wildman–Crippen LogP) is 3.46. The number of benzene rings is 2. The lowest BCUT2D eigenvalue weighted by atomic mass is 9.96. The molecule has 0 N–H and O–H groups in total. The van der Waals surface area contributed by atoms with E-state index in [1.165, 1.54) is 15.9 Å². The van der Waals surface area contributed by atoms with Crippen LogP contribution in [0.3, 0.4) is 0 Å². The normalized spacial score (nSPS) is 15.9. The highest BCUT2D eigenvalue weighted by molar-refractivity contribution is 7.07. The van der Waals surface area contributed by atoms with Gasteiger partial charge in [-0.3, -0.25) is 9.36 Å². The van der Waals surface area contributed by atoms with Gasteiger partial charge in [0, 0.05) is 5.02 Å². The number of thiazole rings is 1. The van der Waals surface area contributed by atoms with Crippen molar-refractivity contribution < 1.29 is 14.3 Å². The molecule has 0 bridgehead atoms. The number of carbonyl (C=O) groups is 1. The Hall–Kier alpha value is -3.16. The van der Waals surface area contributed by atoms with Gasteiger partial charge in [-0.25, -0.2) is 9.79 Å². The number of esters is 1. The summed E-state index contributed by atoms with van der Waals surface area (Å²) in [6.45, 7) is 3.70. The van der Waals surface area contributed by atoms with Crippen molar-refractivity contribution >= 4 is 35.0 Å². The number of carbonyl (C=O) groups excluding carboxylic acids is 1. The first-order valence-electron chi connectivity index (χ1n) is 10.0. The van der Waals surface area contributed by atoms with E-state index in [0.717, 1.165) is 11.3 Å². The molecule has 0 saturated carbocycles. The van der Waals surface area contributed by atoms with E-state index in [0.29, 0.717) is 31.2 Å². The molecule has 32 heavy (non-hydrogen) atoms. The molecular formula is C24H21ClN2O4S. The molecule has 0 fully saturated rings. The summed E-state index contributed by atoms with van der Waals surface area (Å²) in [5, 5.41) is 0.457. The molecule has 1 atom stereocenters. The van der Waals surface area contributed by atoms with E-state index in [1.807, 2.05) is 36.4 Å². The molecule has 8 heteroatoms. The number of hydrogen-bond acceptors (Lipinski definition) is 6. The van der Waals surface area contributed by atoms with Crippen LogP contribution in [0, 0.1) is 0 Å². The molecule has 1 aliphatic rings. The first kappa shape index (κ1) is 22.0. The Morgan fingerprint density at radius 3 is 2.59 bits per heavy atom. The maximum Gasteiger partial charge on any atom is 0.338 e. The number of hydrogen-bond donors (Lipinski definition) is 0. The molecule has 0 spiro atoms. The van der Waals surface area contributed by atoms with Crippen LogP contribution in [0.2, 0.25) is 5.02 Å². The fraction of sp³-hybridized carbons (Fsp3) is 0.208. The highest BCUT2D eigenvalue weighted by Gasteiger charge is 2.34. The first-order chi connectivity index (χ1) is 15.4. The third kappa shape index (κ3) is 4.01. The summed E-state index contributed by atoms with van der Waals surface area (Å²) in [5.74, 6) is 0.222. The second-order valence-corrected chi connectivity index (χ2v) is 8.51. The number of rotatable bonds is 5. The Balaban J connectivity index is 1.94. The maximum absolute atomic E-state index is 13.5. The van der Waals surface area contributed by atoms with Crippen molar-refractivity contribution in [3.8, 4) is 5.75 Å². The van der Waals surface area contributed by atoms with Crippen LogP contribution in [0.4, 0.5) is 0 Å². The molecule has 3 aromatic rings. The van der Waals surface area contributed by atoms with Crippen LogP contribution in [0.5, 0.6) is 5.75 Å². The minimum atomic E-state index is -0.725. The molecule has 1 aliphatic heterocycles. The summed E-state index contributed by atoms with van der Waals surface area (Å²) in [4.78, 5) is 31.4. The number of aromatic nitrogens is 1. The zero-order valence-electron chi connectivity index (χ0n) is 17.8. The van der Waals surface area contributed by atoms with Crippen molar-refractivity contribution in [3.63, 3.8) is 0 Å². The maximum atomic E-state index is 13.5. The Bertz CT molecular complexity index is 1390. The molecular weight excluding hydrogens is 448 g/mol. The van der Waals surface area contributed by atoms with Crippen molar-refractivity contribution in [1.82, 2.24) is 4.57 Å². The molecule has 0 radical (unpaired) electrons. The lowest BCUT2D eigenvalue weighted by Crippen LogP contribution is -2.40. The quantitative estimate of drug-likeness (QED) is 0.538. The third-order valence-electron chi connectivity index (χ3n) is 5.13. The fourth-order valence-electron chi connectivity index (χ4n) is 3.63. The van der Waals surface area contributed by atoms with Crippen molar-refractivity contribution in [3.05, 3.63) is 95.6 Å². The second-order valence-electron chi connectivity index (χ2n) is 7.10. The van der Waals surface area contributed by atoms with Gasteiger partial charge in [-0.1, -0.05) is 53.3 Å². The zero-order chi connectivity index (χ0) is 22.8. The van der Waals surface area contributed by atoms with Crippen molar-refractivity contribution in [2.75, 3.05) is 13.7 Å². The van der Waals surface area contributed by atoms with Crippen molar-refractivity contribution in [1.29, 1.82) is 0 Å². The minimum absolute atomic E-state index is 0.215. The molecule has 0 amide bonds. The van der Waals surface area contributed by atoms with Gasteiger partial charge < -0.3 is 9.47 Å². The molecule has 1 aromatic heterocycles. The van der Waals surface area contributed by atoms with E-state index >= 15 is 0 Å². The number of halogens is 1. The smallest absolute Gasteiger partial charge is 0.338 e. The summed E-state index contributed by atoms with van der Waals surface area (Å²) < 4.78 is 12.5. The molecule has 0 saturated heterocycles. The standard InChI is InChI=1S/C24H21ClN2O4S/c1-4-31-23(29)20-14(2)26-24-27(21(20)17-7-5-6-8-18(17)25)22(28)19(32-24)13-15-9-11-16(30-3)12-10-15/h5-13,21H,4H2,1-3H3. The SMILES string of the molecule is CCOC(=O)C1=C(C)N=c2sc(=Cc3ccc(OC)cc3)c(=O)n2C1c1ccccc1Cl. The fourth-order valence-corrected chi connectivity index (χ4v) is 4.92. The molecule has 2 aromatic carbocycles. The van der Waals surface area contributed by atoms with E-state index in [4.69, 9.17) is 21.1 Å². The largest absolute Gasteiger partial charge is 0.497 e. The topological polar surface area (TPSA) is 69.9 Å². The summed E-state index contributed by atoms with van der Waals surface area (Å²) in [5.41, 5.74) is 2.06. The van der Waals surface area contributed by atoms with Gasteiger partial charge in [0.25, 0.3) is 5.56 Å². The van der Waals surface area contributed by atoms with E-state index in [2.05, 4.69) is 4.99 Å². The van der Waals surface area contributed by atoms with E-state index < -0.39 is 12.0 Å². The highest BCUT2D eigenvalue weighted by atomic mass is 35.5. The molecule has 6 nitrogen and oxygen atoms in total. The summed E-state index contributed by atoms with van der Waals surface area (Å²) in [6, 6.07) is 13.9. The Morgan fingerprint density at radius 2 is 1.94 bits per heavy atom. The van der Waals surface area contributed by atoms with Gasteiger partial charge in [-0.2, -0.15) is 0 Å². The van der Waals surface area contributed by atoms with Crippen LogP contribution in [0.25, 0.3) is 6.08 Å². The third-order valence-corrected chi connectivity index (χ3v) is 6.46. The Morgan fingerprint density at radius 1 is 1.22 bits per heavy atom. The van der Waals surface area contributed by atoms with Gasteiger partial charge >= 0.3 is 5.97 Å². The number of nitrogens with zero attached hydrogens (tertiary/aromatic N) is 2. The molecule has 164 valence electrons. The Labute approximate surface area is 193 Å². The highest BCUT2D eigenvalue weighted by Crippen LogP contribution is 2.34. The van der Waals surface area contributed by atoms with Crippen LogP contribution < -0.4 is 19.6 Å². The van der Waals surface area contributed by atoms with Gasteiger partial charge in [0.15, 0.2) is 4.80 Å². The van der Waals surface area contributed by atoms with Gasteiger partial charge in [0.05, 0.1) is 29.5 Å². The lowest BCUT2D eigenvalue weighted by molar-refractivity contribution is -0.139. The van der Waals surface area contributed by atoms with Crippen molar-refractivity contribution in [2.24, 2.45) is 4.99 Å². The predicted molar refractivity (Wildman–Crippen MR) is 125 cm³/mol. The van der Waals surface area contributed by atoms with Crippen LogP contribution in [-0.2, 0) is 9.53 Å². The summed E-state index contributed by atoms with van der Waals surface area (Å²) in [6.07, 6.45) is 1.80. The van der Waals surface area contributed by atoms with E-state index in [1.54, 1.807) is 39.2 Å². The van der Waals surface area contributed by atoms with E-state index in [9.17, 15) is 9.59 Å². The van der Waals surface area contributed by atoms with Gasteiger partial charge in [0.2, 0.25) is 0 Å². The second kappa shape index (κ2) is 9.14. The van der Waals surface area contributed by atoms with Crippen LogP contribution in [0.15, 0.2) is 69.6 Å².